The first-order chi connectivity index (χ1) is 9.67. The molecule has 0 aromatic heterocycles. The molecule has 20 heavy (non-hydrogen) atoms. The fraction of sp³-hybridized carbons (Fsp3) is 0.467. The van der Waals surface area contributed by atoms with Crippen LogP contribution >= 0.6 is 0 Å². The summed E-state index contributed by atoms with van der Waals surface area (Å²) in [6, 6.07) is 9.06. The van der Waals surface area contributed by atoms with E-state index in [0.717, 1.165) is 18.6 Å². The normalized spacial score (nSPS) is 9.65. The highest BCUT2D eigenvalue weighted by Crippen LogP contribution is 2.16. The number of nitrogens with one attached hydrogen (secondary N) is 1. The number of ether oxygens (including phenoxy) is 1. The molecule has 1 aromatic rings. The molecule has 0 fully saturated rings. The van der Waals surface area contributed by atoms with Gasteiger partial charge in [-0.25, -0.2) is 4.79 Å². The van der Waals surface area contributed by atoms with Crippen molar-refractivity contribution in [2.45, 2.75) is 26.2 Å². The monoisotopic (exact) mass is 275 g/mol. The van der Waals surface area contributed by atoms with Crippen molar-refractivity contribution in [3.63, 3.8) is 0 Å². The van der Waals surface area contributed by atoms with Gasteiger partial charge in [0.1, 0.15) is 5.75 Å². The van der Waals surface area contributed by atoms with E-state index < -0.39 is 0 Å². The summed E-state index contributed by atoms with van der Waals surface area (Å²) in [5, 5.41) is 11.3. The molecule has 5 heteroatoms. The predicted octanol–water partition coefficient (Wildman–Crippen LogP) is 3.24. The van der Waals surface area contributed by atoms with Gasteiger partial charge in [0.2, 0.25) is 0 Å². The molecule has 108 valence electrons. The smallest absolute Gasteiger partial charge is 0.321 e. The third kappa shape index (κ3) is 5.61. The van der Waals surface area contributed by atoms with E-state index in [0.29, 0.717) is 25.3 Å². The molecule has 0 spiro atoms. The summed E-state index contributed by atoms with van der Waals surface area (Å²) in [6.45, 7) is 3.24. The average molecular weight is 275 g/mol. The van der Waals surface area contributed by atoms with Crippen molar-refractivity contribution in [1.82, 2.24) is 4.90 Å². The number of hydrogen-bond acceptors (Lipinski definition) is 3. The van der Waals surface area contributed by atoms with Gasteiger partial charge in [0.05, 0.1) is 19.1 Å². The number of amides is 2. The number of urea groups is 1. The van der Waals surface area contributed by atoms with Gasteiger partial charge in [-0.15, -0.1) is 0 Å². The highest BCUT2D eigenvalue weighted by atomic mass is 16.5. The van der Waals surface area contributed by atoms with Crippen LogP contribution in [0.4, 0.5) is 10.5 Å². The Morgan fingerprint density at radius 1 is 1.40 bits per heavy atom. The fourth-order valence-corrected chi connectivity index (χ4v) is 1.51. The summed E-state index contributed by atoms with van der Waals surface area (Å²) in [6.07, 6.45) is 2.46. The number of anilines is 1. The Kier molecular flexibility index (Phi) is 6.97. The fourth-order valence-electron chi connectivity index (χ4n) is 1.51. The Balaban J connectivity index is 2.44. The number of hydrogen-bond donors (Lipinski definition) is 1. The quantitative estimate of drug-likeness (QED) is 0.777. The molecule has 0 saturated heterocycles. The summed E-state index contributed by atoms with van der Waals surface area (Å²) >= 11 is 0. The molecular formula is C15H21N3O2. The van der Waals surface area contributed by atoms with Gasteiger partial charge in [0.15, 0.2) is 0 Å². The van der Waals surface area contributed by atoms with Crippen molar-refractivity contribution < 1.29 is 9.53 Å². The first-order valence-corrected chi connectivity index (χ1v) is 6.79. The summed E-state index contributed by atoms with van der Waals surface area (Å²) in [4.78, 5) is 13.3. The average Bonchev–Trinajstić information content (AvgIpc) is 2.46. The number of benzene rings is 1. The van der Waals surface area contributed by atoms with Crippen molar-refractivity contribution in [2.75, 3.05) is 25.5 Å². The largest absolute Gasteiger partial charge is 0.494 e. The highest BCUT2D eigenvalue weighted by Gasteiger charge is 2.07. The molecule has 0 aliphatic heterocycles. The van der Waals surface area contributed by atoms with Crippen molar-refractivity contribution >= 4 is 11.7 Å². The van der Waals surface area contributed by atoms with Crippen LogP contribution in [0, 0.1) is 11.3 Å². The van der Waals surface area contributed by atoms with Crippen LogP contribution in [-0.4, -0.2) is 31.1 Å². The summed E-state index contributed by atoms with van der Waals surface area (Å²) in [7, 11) is 1.66. The maximum Gasteiger partial charge on any atom is 0.321 e. The molecule has 5 nitrogen and oxygen atoms in total. The van der Waals surface area contributed by atoms with Gasteiger partial charge >= 0.3 is 6.03 Å². The molecule has 0 heterocycles. The third-order valence-corrected chi connectivity index (χ3v) is 2.78. The van der Waals surface area contributed by atoms with E-state index in [9.17, 15) is 4.79 Å². The lowest BCUT2D eigenvalue weighted by molar-refractivity contribution is 0.223. The van der Waals surface area contributed by atoms with Crippen LogP contribution in [0.5, 0.6) is 5.75 Å². The van der Waals surface area contributed by atoms with Crippen LogP contribution in [-0.2, 0) is 0 Å². The van der Waals surface area contributed by atoms with Gasteiger partial charge < -0.3 is 15.0 Å². The minimum absolute atomic E-state index is 0.222. The molecule has 1 rings (SSSR count). The minimum atomic E-state index is -0.222. The molecule has 0 atom stereocenters. The van der Waals surface area contributed by atoms with Crippen LogP contribution in [0.25, 0.3) is 0 Å². The molecule has 1 N–H and O–H groups in total. The molecule has 0 aliphatic rings. The van der Waals surface area contributed by atoms with Crippen LogP contribution in [0.1, 0.15) is 26.2 Å². The number of unbranched alkanes of at least 4 members (excludes halogenated alkanes) is 1. The Labute approximate surface area is 120 Å². The Morgan fingerprint density at radius 2 is 2.10 bits per heavy atom. The number of carbonyl (C=O) groups is 1. The Hall–Kier alpha value is -2.22. The van der Waals surface area contributed by atoms with Gasteiger partial charge in [-0.1, -0.05) is 13.3 Å². The maximum atomic E-state index is 11.8. The van der Waals surface area contributed by atoms with Crippen molar-refractivity contribution in [1.29, 1.82) is 5.26 Å². The second-order valence-electron chi connectivity index (χ2n) is 4.49. The summed E-state index contributed by atoms with van der Waals surface area (Å²) in [5.41, 5.74) is 0.710. The van der Waals surface area contributed by atoms with Crippen LogP contribution in [0.15, 0.2) is 24.3 Å². The summed E-state index contributed by atoms with van der Waals surface area (Å²) in [5.74, 6) is 0.800. The van der Waals surface area contributed by atoms with Gasteiger partial charge in [-0.05, 0) is 30.7 Å². The lowest BCUT2D eigenvalue weighted by Gasteiger charge is -2.16. The number of nitrogens with zero attached hydrogens (tertiary/aromatic N) is 2. The number of nitriles is 1. The molecule has 0 bridgehead atoms. The van der Waals surface area contributed by atoms with E-state index in [-0.39, 0.29) is 6.03 Å². The second kappa shape index (κ2) is 8.81. The maximum absolute atomic E-state index is 11.8. The zero-order chi connectivity index (χ0) is 14.8. The first kappa shape index (κ1) is 15.8. The molecule has 0 saturated carbocycles. The molecule has 0 aliphatic carbocycles. The Morgan fingerprint density at radius 3 is 2.70 bits per heavy atom. The van der Waals surface area contributed by atoms with E-state index in [2.05, 4.69) is 12.2 Å². The van der Waals surface area contributed by atoms with Gasteiger partial charge in [0, 0.05) is 19.3 Å². The van der Waals surface area contributed by atoms with E-state index in [1.54, 1.807) is 19.2 Å². The second-order valence-corrected chi connectivity index (χ2v) is 4.49. The van der Waals surface area contributed by atoms with Crippen LogP contribution < -0.4 is 10.1 Å². The minimum Gasteiger partial charge on any atom is -0.494 e. The van der Waals surface area contributed by atoms with Gasteiger partial charge in [0.25, 0.3) is 0 Å². The third-order valence-electron chi connectivity index (χ3n) is 2.78. The lowest BCUT2D eigenvalue weighted by Crippen LogP contribution is -2.31. The van der Waals surface area contributed by atoms with E-state index in [1.807, 2.05) is 18.2 Å². The highest BCUT2D eigenvalue weighted by molar-refractivity contribution is 5.89. The van der Waals surface area contributed by atoms with Gasteiger partial charge in [-0.3, -0.25) is 0 Å². The van der Waals surface area contributed by atoms with E-state index in [1.165, 1.54) is 4.90 Å². The van der Waals surface area contributed by atoms with Gasteiger partial charge in [-0.2, -0.15) is 5.26 Å². The van der Waals surface area contributed by atoms with Crippen LogP contribution in [0.3, 0.4) is 0 Å². The predicted molar refractivity (Wildman–Crippen MR) is 78.7 cm³/mol. The number of rotatable bonds is 7. The molecule has 0 unspecified atom stereocenters. The zero-order valence-corrected chi connectivity index (χ0v) is 12.1. The van der Waals surface area contributed by atoms with Crippen LogP contribution in [0.2, 0.25) is 0 Å². The standard InChI is InChI=1S/C15H21N3O2/c1-3-4-12-20-14-8-6-13(7-9-14)17-15(19)18(2)11-5-10-16/h6-9H,3-5,11-12H2,1-2H3,(H,17,19). The molecular weight excluding hydrogens is 254 g/mol. The number of carbonyl (C=O) groups excluding carboxylic acids is 1. The van der Waals surface area contributed by atoms with Crippen molar-refractivity contribution in [2.24, 2.45) is 0 Å². The molecule has 0 radical (unpaired) electrons. The molecule has 2 amide bonds. The lowest BCUT2D eigenvalue weighted by atomic mass is 10.3. The van der Waals surface area contributed by atoms with Crippen molar-refractivity contribution in [3.8, 4) is 11.8 Å². The van der Waals surface area contributed by atoms with Crippen molar-refractivity contribution in [3.05, 3.63) is 24.3 Å². The first-order valence-electron chi connectivity index (χ1n) is 6.79. The summed E-state index contributed by atoms with van der Waals surface area (Å²) < 4.78 is 5.55. The molecule has 1 aromatic carbocycles. The topological polar surface area (TPSA) is 65.4 Å². The van der Waals surface area contributed by atoms with E-state index in [4.69, 9.17) is 10.00 Å². The zero-order valence-electron chi connectivity index (χ0n) is 12.1. The SMILES string of the molecule is CCCCOc1ccc(NC(=O)N(C)CCC#N)cc1. The van der Waals surface area contributed by atoms with E-state index >= 15 is 0 Å². The Bertz CT molecular complexity index is 451.